The third-order valence-electron chi connectivity index (χ3n) is 4.23. The van der Waals surface area contributed by atoms with Gasteiger partial charge < -0.3 is 15.5 Å². The summed E-state index contributed by atoms with van der Waals surface area (Å²) in [7, 11) is 4.22. The second-order valence-electron chi connectivity index (χ2n) is 5.73. The van der Waals surface area contributed by atoms with Crippen LogP contribution in [0.15, 0.2) is 24.3 Å². The molecule has 0 unspecified atom stereocenters. The SMILES string of the molecule is CN(C)C1CCN(C(=O)Cc2ccccc2CN)CC1. The van der Waals surface area contributed by atoms with Gasteiger partial charge in [-0.3, -0.25) is 4.79 Å². The standard InChI is InChI=1S/C16H25N3O/c1-18(2)15-7-9-19(10-8-15)16(20)11-13-5-3-4-6-14(13)12-17/h3-6,15H,7-12,17H2,1-2H3. The highest BCUT2D eigenvalue weighted by molar-refractivity contribution is 5.79. The van der Waals surface area contributed by atoms with Crippen LogP contribution < -0.4 is 5.73 Å². The van der Waals surface area contributed by atoms with Gasteiger partial charge in [-0.1, -0.05) is 24.3 Å². The lowest BCUT2D eigenvalue weighted by Crippen LogP contribution is -2.45. The van der Waals surface area contributed by atoms with Crippen molar-refractivity contribution in [2.45, 2.75) is 31.8 Å². The molecule has 1 saturated heterocycles. The van der Waals surface area contributed by atoms with E-state index in [2.05, 4.69) is 19.0 Å². The Bertz CT molecular complexity index is 451. The Morgan fingerprint density at radius 3 is 2.40 bits per heavy atom. The number of benzene rings is 1. The Morgan fingerprint density at radius 2 is 1.85 bits per heavy atom. The first kappa shape index (κ1) is 15.0. The zero-order valence-electron chi connectivity index (χ0n) is 12.5. The van der Waals surface area contributed by atoms with Crippen molar-refractivity contribution in [3.05, 3.63) is 35.4 Å². The van der Waals surface area contributed by atoms with E-state index in [4.69, 9.17) is 5.73 Å². The summed E-state index contributed by atoms with van der Waals surface area (Å²) < 4.78 is 0. The molecule has 0 radical (unpaired) electrons. The zero-order valence-corrected chi connectivity index (χ0v) is 12.5. The summed E-state index contributed by atoms with van der Waals surface area (Å²) in [6.07, 6.45) is 2.61. The van der Waals surface area contributed by atoms with Crippen molar-refractivity contribution in [1.82, 2.24) is 9.80 Å². The minimum atomic E-state index is 0.225. The van der Waals surface area contributed by atoms with Crippen LogP contribution >= 0.6 is 0 Å². The van der Waals surface area contributed by atoms with E-state index in [-0.39, 0.29) is 5.91 Å². The van der Waals surface area contributed by atoms with Crippen molar-refractivity contribution in [2.75, 3.05) is 27.2 Å². The molecule has 0 spiro atoms. The highest BCUT2D eigenvalue weighted by Crippen LogP contribution is 2.16. The van der Waals surface area contributed by atoms with Gasteiger partial charge in [-0.05, 0) is 38.1 Å². The topological polar surface area (TPSA) is 49.6 Å². The van der Waals surface area contributed by atoms with E-state index in [1.54, 1.807) is 0 Å². The Kier molecular flexibility index (Phi) is 5.15. The van der Waals surface area contributed by atoms with Crippen LogP contribution in [-0.4, -0.2) is 48.9 Å². The van der Waals surface area contributed by atoms with Gasteiger partial charge in [0.1, 0.15) is 0 Å². The fourth-order valence-electron chi connectivity index (χ4n) is 2.84. The van der Waals surface area contributed by atoms with Crippen LogP contribution in [0, 0.1) is 0 Å². The minimum Gasteiger partial charge on any atom is -0.342 e. The second kappa shape index (κ2) is 6.86. The van der Waals surface area contributed by atoms with Gasteiger partial charge in [-0.25, -0.2) is 0 Å². The molecule has 0 saturated carbocycles. The fourth-order valence-corrected chi connectivity index (χ4v) is 2.84. The summed E-state index contributed by atoms with van der Waals surface area (Å²) >= 11 is 0. The Balaban J connectivity index is 1.93. The van der Waals surface area contributed by atoms with Gasteiger partial charge in [0, 0.05) is 25.7 Å². The summed E-state index contributed by atoms with van der Waals surface area (Å²) in [6, 6.07) is 8.56. The fraction of sp³-hybridized carbons (Fsp3) is 0.562. The molecule has 2 rings (SSSR count). The average Bonchev–Trinajstić information content (AvgIpc) is 2.48. The maximum absolute atomic E-state index is 12.4. The van der Waals surface area contributed by atoms with Crippen LogP contribution in [-0.2, 0) is 17.8 Å². The van der Waals surface area contributed by atoms with Crippen LogP contribution in [0.3, 0.4) is 0 Å². The van der Waals surface area contributed by atoms with Crippen molar-refractivity contribution in [1.29, 1.82) is 0 Å². The van der Waals surface area contributed by atoms with Crippen LogP contribution in [0.4, 0.5) is 0 Å². The summed E-state index contributed by atoms with van der Waals surface area (Å²) in [5.41, 5.74) is 7.86. The number of likely N-dealkylation sites (tertiary alicyclic amines) is 1. The quantitative estimate of drug-likeness (QED) is 0.899. The number of hydrogen-bond acceptors (Lipinski definition) is 3. The van der Waals surface area contributed by atoms with Crippen molar-refractivity contribution < 1.29 is 4.79 Å². The number of nitrogens with zero attached hydrogens (tertiary/aromatic N) is 2. The van der Waals surface area contributed by atoms with Crippen LogP contribution in [0.5, 0.6) is 0 Å². The summed E-state index contributed by atoms with van der Waals surface area (Å²) in [6.45, 7) is 2.23. The predicted octanol–water partition coefficient (Wildman–Crippen LogP) is 1.24. The summed E-state index contributed by atoms with van der Waals surface area (Å²) in [5, 5.41) is 0. The molecule has 0 aliphatic carbocycles. The van der Waals surface area contributed by atoms with Gasteiger partial charge in [-0.2, -0.15) is 0 Å². The van der Waals surface area contributed by atoms with E-state index in [0.717, 1.165) is 37.1 Å². The van der Waals surface area contributed by atoms with E-state index in [9.17, 15) is 4.79 Å². The van der Waals surface area contributed by atoms with Crippen molar-refractivity contribution in [2.24, 2.45) is 5.73 Å². The van der Waals surface area contributed by atoms with Crippen LogP contribution in [0.25, 0.3) is 0 Å². The first-order valence-electron chi connectivity index (χ1n) is 7.33. The molecule has 1 aliphatic heterocycles. The van der Waals surface area contributed by atoms with Gasteiger partial charge in [0.15, 0.2) is 0 Å². The second-order valence-corrected chi connectivity index (χ2v) is 5.73. The zero-order chi connectivity index (χ0) is 14.5. The minimum absolute atomic E-state index is 0.225. The van der Waals surface area contributed by atoms with Crippen molar-refractivity contribution in [3.8, 4) is 0 Å². The first-order valence-corrected chi connectivity index (χ1v) is 7.33. The van der Waals surface area contributed by atoms with Crippen LogP contribution in [0.1, 0.15) is 24.0 Å². The lowest BCUT2D eigenvalue weighted by atomic mass is 10.0. The summed E-state index contributed by atoms with van der Waals surface area (Å²) in [4.78, 5) is 16.6. The maximum atomic E-state index is 12.4. The number of rotatable bonds is 4. The normalized spacial score (nSPS) is 16.7. The summed E-state index contributed by atoms with van der Waals surface area (Å²) in [5.74, 6) is 0.225. The molecule has 1 fully saturated rings. The number of carbonyl (C=O) groups is 1. The molecular formula is C16H25N3O. The van der Waals surface area contributed by atoms with E-state index in [1.165, 1.54) is 0 Å². The smallest absolute Gasteiger partial charge is 0.227 e. The van der Waals surface area contributed by atoms with Gasteiger partial charge >= 0.3 is 0 Å². The number of nitrogens with two attached hydrogens (primary N) is 1. The number of piperidine rings is 1. The maximum Gasteiger partial charge on any atom is 0.227 e. The predicted molar refractivity (Wildman–Crippen MR) is 81.3 cm³/mol. The molecule has 4 nitrogen and oxygen atoms in total. The van der Waals surface area contributed by atoms with Gasteiger partial charge in [-0.15, -0.1) is 0 Å². The molecule has 1 aliphatic rings. The molecule has 2 N–H and O–H groups in total. The number of amides is 1. The Hall–Kier alpha value is -1.39. The highest BCUT2D eigenvalue weighted by Gasteiger charge is 2.24. The molecule has 1 heterocycles. The molecule has 4 heteroatoms. The molecule has 110 valence electrons. The Labute approximate surface area is 121 Å². The lowest BCUT2D eigenvalue weighted by Gasteiger charge is -2.35. The van der Waals surface area contributed by atoms with Gasteiger partial charge in [0.2, 0.25) is 5.91 Å². The molecule has 0 atom stereocenters. The molecule has 1 aromatic rings. The molecule has 0 bridgehead atoms. The van der Waals surface area contributed by atoms with Gasteiger partial charge in [0.05, 0.1) is 6.42 Å². The average molecular weight is 275 g/mol. The van der Waals surface area contributed by atoms with Crippen molar-refractivity contribution >= 4 is 5.91 Å². The monoisotopic (exact) mass is 275 g/mol. The van der Waals surface area contributed by atoms with Gasteiger partial charge in [0.25, 0.3) is 0 Å². The molecule has 0 aromatic heterocycles. The third-order valence-corrected chi connectivity index (χ3v) is 4.23. The van der Waals surface area contributed by atoms with E-state index in [1.807, 2.05) is 29.2 Å². The third kappa shape index (κ3) is 3.58. The van der Waals surface area contributed by atoms with Crippen LogP contribution in [0.2, 0.25) is 0 Å². The highest BCUT2D eigenvalue weighted by atomic mass is 16.2. The lowest BCUT2D eigenvalue weighted by molar-refractivity contribution is -0.131. The Morgan fingerprint density at radius 1 is 1.25 bits per heavy atom. The first-order chi connectivity index (χ1) is 9.61. The van der Waals surface area contributed by atoms with E-state index in [0.29, 0.717) is 19.0 Å². The molecule has 1 amide bonds. The molecule has 1 aromatic carbocycles. The van der Waals surface area contributed by atoms with E-state index >= 15 is 0 Å². The largest absolute Gasteiger partial charge is 0.342 e. The van der Waals surface area contributed by atoms with Crippen molar-refractivity contribution in [3.63, 3.8) is 0 Å². The molecular weight excluding hydrogens is 250 g/mol. The number of carbonyl (C=O) groups excluding carboxylic acids is 1. The number of hydrogen-bond donors (Lipinski definition) is 1. The van der Waals surface area contributed by atoms with E-state index < -0.39 is 0 Å². The molecule has 20 heavy (non-hydrogen) atoms.